The third kappa shape index (κ3) is 5.82. The Morgan fingerprint density at radius 3 is 2.57 bits per heavy atom. The molecule has 0 heterocycles. The monoisotopic (exact) mass is 405 g/mol. The Bertz CT molecular complexity index is 453. The molecule has 118 valence electrons. The smallest absolute Gasteiger partial charge is 0.409 e. The number of carbonyl (C=O) groups is 1. The summed E-state index contributed by atoms with van der Waals surface area (Å²) >= 11 is 2.25. The van der Waals surface area contributed by atoms with Crippen molar-refractivity contribution >= 4 is 28.7 Å². The molecule has 2 N–H and O–H groups in total. The third-order valence-corrected chi connectivity index (χ3v) is 4.61. The number of aliphatic hydroxyl groups is 1. The second kappa shape index (κ2) is 9.25. The molecule has 0 bridgehead atoms. The van der Waals surface area contributed by atoms with Crippen LogP contribution in [-0.2, 0) is 6.42 Å². The number of halogens is 1. The van der Waals surface area contributed by atoms with Crippen LogP contribution >= 0.6 is 22.6 Å². The zero-order chi connectivity index (χ0) is 15.8. The molecule has 0 aromatic heterocycles. The topological polar surface area (TPSA) is 60.8 Å². The lowest BCUT2D eigenvalue weighted by Gasteiger charge is -2.31. The second-order valence-corrected chi connectivity index (χ2v) is 6.47. The first-order chi connectivity index (χ1) is 9.97. The lowest BCUT2D eigenvalue weighted by molar-refractivity contribution is -0.0142. The highest BCUT2D eigenvalue weighted by Crippen LogP contribution is 2.18. The fourth-order valence-electron chi connectivity index (χ4n) is 2.41. The molecule has 0 saturated heterocycles. The summed E-state index contributed by atoms with van der Waals surface area (Å²) in [5, 5.41) is 19.5. The molecule has 5 heteroatoms. The SMILES string of the molecule is CCCCCC(O)N(C(=O)O)C(C)Cc1ccccc1I. The van der Waals surface area contributed by atoms with Crippen LogP contribution in [0.5, 0.6) is 0 Å². The van der Waals surface area contributed by atoms with E-state index in [1.165, 1.54) is 4.90 Å². The zero-order valence-electron chi connectivity index (χ0n) is 12.6. The summed E-state index contributed by atoms with van der Waals surface area (Å²) in [6.45, 7) is 3.93. The summed E-state index contributed by atoms with van der Waals surface area (Å²) < 4.78 is 1.12. The van der Waals surface area contributed by atoms with Gasteiger partial charge in [0.15, 0.2) is 0 Å². The van der Waals surface area contributed by atoms with E-state index in [-0.39, 0.29) is 6.04 Å². The van der Waals surface area contributed by atoms with E-state index in [1.54, 1.807) is 0 Å². The van der Waals surface area contributed by atoms with E-state index in [1.807, 2.05) is 31.2 Å². The van der Waals surface area contributed by atoms with Gasteiger partial charge in [-0.25, -0.2) is 4.79 Å². The standard InChI is InChI=1S/C16H24INO3/c1-3-4-5-10-15(19)18(16(20)21)12(2)11-13-8-6-7-9-14(13)17/h6-9,12,15,19H,3-5,10-11H2,1-2H3,(H,20,21). The lowest BCUT2D eigenvalue weighted by Crippen LogP contribution is -2.46. The second-order valence-electron chi connectivity index (χ2n) is 5.31. The molecule has 4 nitrogen and oxygen atoms in total. The van der Waals surface area contributed by atoms with E-state index in [9.17, 15) is 15.0 Å². The van der Waals surface area contributed by atoms with Crippen molar-refractivity contribution < 1.29 is 15.0 Å². The Kier molecular flexibility index (Phi) is 8.03. The van der Waals surface area contributed by atoms with Gasteiger partial charge in [-0.2, -0.15) is 0 Å². The minimum Gasteiger partial charge on any atom is -0.465 e. The van der Waals surface area contributed by atoms with Gasteiger partial charge >= 0.3 is 6.09 Å². The van der Waals surface area contributed by atoms with Crippen LogP contribution in [0.15, 0.2) is 24.3 Å². The van der Waals surface area contributed by atoms with Gasteiger partial charge in [-0.15, -0.1) is 0 Å². The van der Waals surface area contributed by atoms with Gasteiger partial charge in [-0.3, -0.25) is 4.90 Å². The normalized spacial score (nSPS) is 13.7. The summed E-state index contributed by atoms with van der Waals surface area (Å²) in [7, 11) is 0. The highest BCUT2D eigenvalue weighted by molar-refractivity contribution is 14.1. The van der Waals surface area contributed by atoms with Gasteiger partial charge in [0.25, 0.3) is 0 Å². The van der Waals surface area contributed by atoms with Crippen molar-refractivity contribution in [2.24, 2.45) is 0 Å². The Balaban J connectivity index is 2.71. The van der Waals surface area contributed by atoms with Crippen LogP contribution in [0.1, 0.15) is 45.1 Å². The highest BCUT2D eigenvalue weighted by Gasteiger charge is 2.26. The van der Waals surface area contributed by atoms with Gasteiger partial charge in [0.1, 0.15) is 6.23 Å². The van der Waals surface area contributed by atoms with Crippen molar-refractivity contribution in [2.45, 2.75) is 58.2 Å². The number of nitrogens with zero attached hydrogens (tertiary/aromatic N) is 1. The Hall–Kier alpha value is -0.820. The molecule has 0 spiro atoms. The van der Waals surface area contributed by atoms with Crippen molar-refractivity contribution in [1.29, 1.82) is 0 Å². The summed E-state index contributed by atoms with van der Waals surface area (Å²) in [5.41, 5.74) is 1.11. The molecule has 0 aliphatic carbocycles. The summed E-state index contributed by atoms with van der Waals surface area (Å²) in [5.74, 6) is 0. The van der Waals surface area contributed by atoms with E-state index in [2.05, 4.69) is 29.5 Å². The zero-order valence-corrected chi connectivity index (χ0v) is 14.8. The van der Waals surface area contributed by atoms with Gasteiger partial charge in [0.2, 0.25) is 0 Å². The first-order valence-corrected chi connectivity index (χ1v) is 8.48. The Morgan fingerprint density at radius 2 is 2.00 bits per heavy atom. The van der Waals surface area contributed by atoms with Crippen LogP contribution in [0.4, 0.5) is 4.79 Å². The van der Waals surface area contributed by atoms with Crippen LogP contribution in [0.25, 0.3) is 0 Å². The van der Waals surface area contributed by atoms with Crippen LogP contribution in [0, 0.1) is 3.57 Å². The average molecular weight is 405 g/mol. The molecule has 0 aliphatic rings. The van der Waals surface area contributed by atoms with E-state index in [0.29, 0.717) is 12.8 Å². The van der Waals surface area contributed by atoms with Crippen LogP contribution < -0.4 is 0 Å². The molecule has 0 saturated carbocycles. The number of hydrogen-bond acceptors (Lipinski definition) is 2. The first-order valence-electron chi connectivity index (χ1n) is 7.40. The predicted molar refractivity (Wildman–Crippen MR) is 92.3 cm³/mol. The van der Waals surface area contributed by atoms with E-state index < -0.39 is 12.3 Å². The van der Waals surface area contributed by atoms with Gasteiger partial charge in [-0.05, 0) is 60.4 Å². The Labute approximate surface area is 140 Å². The number of unbranched alkanes of at least 4 members (excludes halogenated alkanes) is 2. The lowest BCUT2D eigenvalue weighted by atomic mass is 10.1. The Morgan fingerprint density at radius 1 is 1.33 bits per heavy atom. The largest absolute Gasteiger partial charge is 0.465 e. The fourth-order valence-corrected chi connectivity index (χ4v) is 3.01. The third-order valence-electron chi connectivity index (χ3n) is 3.56. The van der Waals surface area contributed by atoms with E-state index >= 15 is 0 Å². The number of carboxylic acid groups (broad SMARTS) is 1. The van der Waals surface area contributed by atoms with E-state index in [4.69, 9.17) is 0 Å². The highest BCUT2D eigenvalue weighted by atomic mass is 127. The maximum Gasteiger partial charge on any atom is 0.409 e. The number of aliphatic hydroxyl groups excluding tert-OH is 1. The molecular weight excluding hydrogens is 381 g/mol. The molecule has 0 fully saturated rings. The maximum atomic E-state index is 11.5. The average Bonchev–Trinajstić information content (AvgIpc) is 2.41. The van der Waals surface area contributed by atoms with Gasteiger partial charge < -0.3 is 10.2 Å². The molecule has 0 aliphatic heterocycles. The van der Waals surface area contributed by atoms with Gasteiger partial charge in [-0.1, -0.05) is 38.0 Å². The molecule has 1 amide bonds. The number of rotatable bonds is 8. The van der Waals surface area contributed by atoms with Crippen LogP contribution in [0.2, 0.25) is 0 Å². The quantitative estimate of drug-likeness (QED) is 0.389. The van der Waals surface area contributed by atoms with Crippen LogP contribution in [0.3, 0.4) is 0 Å². The van der Waals surface area contributed by atoms with Crippen molar-refractivity contribution in [2.75, 3.05) is 0 Å². The van der Waals surface area contributed by atoms with Crippen molar-refractivity contribution in [3.05, 3.63) is 33.4 Å². The maximum absolute atomic E-state index is 11.5. The summed E-state index contributed by atoms with van der Waals surface area (Å²) in [6, 6.07) is 7.67. The first kappa shape index (κ1) is 18.2. The van der Waals surface area contributed by atoms with Crippen molar-refractivity contribution in [1.82, 2.24) is 4.90 Å². The molecule has 1 aromatic carbocycles. The van der Waals surface area contributed by atoms with E-state index in [0.717, 1.165) is 28.4 Å². The predicted octanol–water partition coefficient (Wildman–Crippen LogP) is 4.10. The minimum atomic E-state index is -1.06. The van der Waals surface area contributed by atoms with Crippen LogP contribution in [-0.4, -0.2) is 33.5 Å². The number of hydrogen-bond donors (Lipinski definition) is 2. The molecule has 0 radical (unpaired) electrons. The number of amides is 1. The minimum absolute atomic E-state index is 0.255. The molecule has 1 rings (SSSR count). The van der Waals surface area contributed by atoms with Gasteiger partial charge in [0.05, 0.1) is 0 Å². The molecule has 2 unspecified atom stereocenters. The molecule has 2 atom stereocenters. The van der Waals surface area contributed by atoms with Gasteiger partial charge in [0, 0.05) is 9.61 Å². The van der Waals surface area contributed by atoms with Crippen molar-refractivity contribution in [3.63, 3.8) is 0 Å². The summed E-state index contributed by atoms with van der Waals surface area (Å²) in [4.78, 5) is 12.6. The molecule has 1 aromatic rings. The molecular formula is C16H24INO3. The fraction of sp³-hybridized carbons (Fsp3) is 0.562. The number of benzene rings is 1. The summed E-state index contributed by atoms with van der Waals surface area (Å²) in [6.07, 6.45) is 2.03. The van der Waals surface area contributed by atoms with Crippen molar-refractivity contribution in [3.8, 4) is 0 Å². The molecule has 21 heavy (non-hydrogen) atoms.